The Kier molecular flexibility index (Phi) is 6.95. The summed E-state index contributed by atoms with van der Waals surface area (Å²) in [6.07, 6.45) is 4.13. The molecule has 0 saturated carbocycles. The van der Waals surface area contributed by atoms with Crippen LogP contribution in [0.4, 0.5) is 0 Å². The zero-order valence-electron chi connectivity index (χ0n) is 18.5. The maximum atomic E-state index is 13.2. The molecule has 4 rings (SSSR count). The van der Waals surface area contributed by atoms with E-state index in [1.54, 1.807) is 12.3 Å². The highest BCUT2D eigenvalue weighted by Gasteiger charge is 2.33. The van der Waals surface area contributed by atoms with Gasteiger partial charge in [0, 0.05) is 37.8 Å². The van der Waals surface area contributed by atoms with Crippen molar-refractivity contribution in [1.82, 2.24) is 19.8 Å². The Morgan fingerprint density at radius 3 is 2.44 bits per heavy atom. The summed E-state index contributed by atoms with van der Waals surface area (Å²) >= 11 is 1.50. The van der Waals surface area contributed by atoms with E-state index < -0.39 is 0 Å². The lowest BCUT2D eigenvalue weighted by molar-refractivity contribution is 0.0517. The molecule has 0 aliphatic carbocycles. The number of aryl methyl sites for hydroxylation is 1. The van der Waals surface area contributed by atoms with Crippen molar-refractivity contribution in [2.24, 2.45) is 5.92 Å². The molecule has 0 radical (unpaired) electrons. The summed E-state index contributed by atoms with van der Waals surface area (Å²) in [6, 6.07) is 15.7. The van der Waals surface area contributed by atoms with E-state index >= 15 is 0 Å². The van der Waals surface area contributed by atoms with Crippen molar-refractivity contribution in [1.29, 1.82) is 0 Å². The molecule has 0 bridgehead atoms. The first kappa shape index (κ1) is 22.1. The van der Waals surface area contributed by atoms with Crippen molar-refractivity contribution in [2.45, 2.75) is 32.2 Å². The lowest BCUT2D eigenvalue weighted by Gasteiger charge is -2.40. The van der Waals surface area contributed by atoms with Gasteiger partial charge in [0.2, 0.25) is 0 Å². The lowest BCUT2D eigenvalue weighted by Crippen LogP contribution is -2.48. The van der Waals surface area contributed by atoms with Crippen LogP contribution in [0, 0.1) is 12.8 Å². The average Bonchev–Trinajstić information content (AvgIpc) is 3.29. The molecule has 3 aromatic rings. The minimum Gasteiger partial charge on any atom is -0.337 e. The first-order valence-corrected chi connectivity index (χ1v) is 11.8. The number of likely N-dealkylation sites (tertiary alicyclic amines) is 1. The van der Waals surface area contributed by atoms with Crippen LogP contribution in [0.25, 0.3) is 0 Å². The summed E-state index contributed by atoms with van der Waals surface area (Å²) in [5.41, 5.74) is 2.20. The highest BCUT2D eigenvalue weighted by atomic mass is 32.1. The van der Waals surface area contributed by atoms with Gasteiger partial charge >= 0.3 is 0 Å². The summed E-state index contributed by atoms with van der Waals surface area (Å²) in [4.78, 5) is 38.3. The molecule has 3 heterocycles. The molecule has 0 spiro atoms. The van der Waals surface area contributed by atoms with Crippen LogP contribution in [0.5, 0.6) is 0 Å². The number of likely N-dealkylation sites (N-methyl/N-ethyl adjacent to an activating group) is 1. The number of rotatable bonds is 6. The number of nitrogens with zero attached hydrogens (tertiary/aromatic N) is 4. The normalized spacial score (nSPS) is 15.4. The number of pyridine rings is 1. The van der Waals surface area contributed by atoms with Crippen molar-refractivity contribution < 1.29 is 9.59 Å². The largest absolute Gasteiger partial charge is 0.337 e. The van der Waals surface area contributed by atoms with Crippen LogP contribution < -0.4 is 0 Å². The summed E-state index contributed by atoms with van der Waals surface area (Å²) < 4.78 is 0. The molecule has 2 amide bonds. The third kappa shape index (κ3) is 5.05. The molecule has 0 unspecified atom stereocenters. The van der Waals surface area contributed by atoms with E-state index in [0.29, 0.717) is 30.4 Å². The van der Waals surface area contributed by atoms with E-state index in [1.165, 1.54) is 16.9 Å². The third-order valence-electron chi connectivity index (χ3n) is 6.20. The molecule has 7 heteroatoms. The van der Waals surface area contributed by atoms with E-state index in [0.717, 1.165) is 24.3 Å². The van der Waals surface area contributed by atoms with Crippen LogP contribution in [0.2, 0.25) is 0 Å². The van der Waals surface area contributed by atoms with E-state index in [1.807, 2.05) is 59.5 Å². The van der Waals surface area contributed by atoms with E-state index in [-0.39, 0.29) is 17.9 Å². The van der Waals surface area contributed by atoms with Crippen LogP contribution in [-0.2, 0) is 6.42 Å². The summed E-state index contributed by atoms with van der Waals surface area (Å²) in [5, 5.41) is 2.74. The van der Waals surface area contributed by atoms with Crippen molar-refractivity contribution in [3.63, 3.8) is 0 Å². The van der Waals surface area contributed by atoms with E-state index in [2.05, 4.69) is 22.1 Å². The Hall–Kier alpha value is -3.06. The van der Waals surface area contributed by atoms with E-state index in [9.17, 15) is 9.59 Å². The van der Waals surface area contributed by atoms with Gasteiger partial charge in [-0.2, -0.15) is 0 Å². The van der Waals surface area contributed by atoms with Gasteiger partial charge in [0.05, 0.1) is 5.01 Å². The van der Waals surface area contributed by atoms with Crippen LogP contribution in [-0.4, -0.2) is 57.8 Å². The minimum atomic E-state index is -0.0667. The second-order valence-corrected chi connectivity index (χ2v) is 9.33. The lowest BCUT2D eigenvalue weighted by atomic mass is 9.84. The maximum Gasteiger partial charge on any atom is 0.273 e. The Labute approximate surface area is 192 Å². The quantitative estimate of drug-likeness (QED) is 0.570. The van der Waals surface area contributed by atoms with Gasteiger partial charge in [0.15, 0.2) is 0 Å². The standard InChI is InChI=1S/C25H28N4O2S/c1-18-27-22(17-32-18)25(31)29-14-11-20(12-15-29)23(16-19-8-4-3-5-9-19)28(2)24(30)21-10-6-7-13-26-21/h3-10,13,17,20,23H,11-12,14-16H2,1-2H3/t23-/m0/s1. The highest BCUT2D eigenvalue weighted by molar-refractivity contribution is 7.09. The fourth-order valence-corrected chi connectivity index (χ4v) is 4.99. The Morgan fingerprint density at radius 2 is 1.81 bits per heavy atom. The molecule has 32 heavy (non-hydrogen) atoms. The topological polar surface area (TPSA) is 66.4 Å². The summed E-state index contributed by atoms with van der Waals surface area (Å²) in [7, 11) is 1.88. The predicted octanol–water partition coefficient (Wildman–Crippen LogP) is 4.08. The van der Waals surface area contributed by atoms with Crippen LogP contribution in [0.3, 0.4) is 0 Å². The Morgan fingerprint density at radius 1 is 1.09 bits per heavy atom. The minimum absolute atomic E-state index is 0.00493. The Bertz CT molecular complexity index is 1050. The van der Waals surface area contributed by atoms with Crippen molar-refractivity contribution in [3.05, 3.63) is 82.1 Å². The molecule has 1 atom stereocenters. The van der Waals surface area contributed by atoms with Gasteiger partial charge in [-0.15, -0.1) is 11.3 Å². The van der Waals surface area contributed by atoms with Gasteiger partial charge < -0.3 is 9.80 Å². The summed E-state index contributed by atoms with van der Waals surface area (Å²) in [6.45, 7) is 3.27. The van der Waals surface area contributed by atoms with Crippen LogP contribution >= 0.6 is 11.3 Å². The molecule has 6 nitrogen and oxygen atoms in total. The third-order valence-corrected chi connectivity index (χ3v) is 6.97. The number of benzene rings is 1. The SMILES string of the molecule is Cc1nc(C(=O)N2CCC([C@H](Cc3ccccc3)N(C)C(=O)c3ccccn3)CC2)cs1. The molecular weight excluding hydrogens is 420 g/mol. The second-order valence-electron chi connectivity index (χ2n) is 8.27. The zero-order valence-corrected chi connectivity index (χ0v) is 19.3. The molecule has 1 saturated heterocycles. The second kappa shape index (κ2) is 10.0. The number of hydrogen-bond donors (Lipinski definition) is 0. The van der Waals surface area contributed by atoms with Gasteiger partial charge in [-0.3, -0.25) is 14.6 Å². The van der Waals surface area contributed by atoms with Gasteiger partial charge in [0.25, 0.3) is 11.8 Å². The number of carbonyl (C=O) groups excluding carboxylic acids is 2. The van der Waals surface area contributed by atoms with Crippen LogP contribution in [0.1, 0.15) is 44.4 Å². The smallest absolute Gasteiger partial charge is 0.273 e. The molecule has 2 aromatic heterocycles. The Balaban J connectivity index is 1.49. The maximum absolute atomic E-state index is 13.2. The van der Waals surface area contributed by atoms with Gasteiger partial charge in [-0.1, -0.05) is 36.4 Å². The average molecular weight is 449 g/mol. The number of thiazole rings is 1. The monoisotopic (exact) mass is 448 g/mol. The van der Waals surface area contributed by atoms with Crippen molar-refractivity contribution in [2.75, 3.05) is 20.1 Å². The molecule has 166 valence electrons. The molecule has 1 fully saturated rings. The first-order valence-electron chi connectivity index (χ1n) is 11.0. The van der Waals surface area contributed by atoms with Gasteiger partial charge in [-0.25, -0.2) is 4.98 Å². The molecule has 1 aliphatic rings. The fourth-order valence-electron chi connectivity index (χ4n) is 4.41. The van der Waals surface area contributed by atoms with Gasteiger partial charge in [0.1, 0.15) is 11.4 Å². The van der Waals surface area contributed by atoms with Crippen molar-refractivity contribution in [3.8, 4) is 0 Å². The molecule has 1 aliphatic heterocycles. The zero-order chi connectivity index (χ0) is 22.5. The first-order chi connectivity index (χ1) is 15.5. The molecular formula is C25H28N4O2S. The van der Waals surface area contributed by atoms with E-state index in [4.69, 9.17) is 0 Å². The summed E-state index contributed by atoms with van der Waals surface area (Å²) in [5.74, 6) is 0.238. The van der Waals surface area contributed by atoms with Crippen molar-refractivity contribution >= 4 is 23.2 Å². The number of carbonyl (C=O) groups is 2. The van der Waals surface area contributed by atoms with Gasteiger partial charge in [-0.05, 0) is 49.8 Å². The number of amides is 2. The number of hydrogen-bond acceptors (Lipinski definition) is 5. The molecule has 0 N–H and O–H groups in total. The molecule has 1 aromatic carbocycles. The number of aromatic nitrogens is 2. The predicted molar refractivity (Wildman–Crippen MR) is 126 cm³/mol. The number of piperidine rings is 1. The van der Waals surface area contributed by atoms with Crippen LogP contribution in [0.15, 0.2) is 60.1 Å². The fraction of sp³-hybridized carbons (Fsp3) is 0.360. The highest BCUT2D eigenvalue weighted by Crippen LogP contribution is 2.28.